The molecule has 3 aromatic rings. The molecule has 1 saturated carbocycles. The molecule has 1 fully saturated rings. The molecule has 3 aliphatic rings. The van der Waals surface area contributed by atoms with E-state index in [1.807, 2.05) is 13.0 Å². The Hall–Kier alpha value is -5.88. The van der Waals surface area contributed by atoms with Crippen LogP contribution < -0.4 is 24.3 Å². The second kappa shape index (κ2) is 20.6. The first-order valence-electron chi connectivity index (χ1n) is 20.8. The lowest BCUT2D eigenvalue weighted by atomic mass is 9.55. The molecule has 2 amide bonds. The van der Waals surface area contributed by atoms with Gasteiger partial charge in [-0.2, -0.15) is 5.26 Å². The molecule has 0 bridgehead atoms. The van der Waals surface area contributed by atoms with Crippen LogP contribution in [-0.2, 0) is 9.57 Å². The zero-order valence-corrected chi connectivity index (χ0v) is 35.3. The molecule has 0 saturated heterocycles. The maximum Gasteiger partial charge on any atom is 0.417 e. The summed E-state index contributed by atoms with van der Waals surface area (Å²) < 4.78 is 30.8. The number of benzene rings is 3. The minimum atomic E-state index is -1.46. The molecule has 0 unspecified atom stereocenters. The fourth-order valence-corrected chi connectivity index (χ4v) is 9.11. The molecule has 1 aliphatic heterocycles. The number of rotatable bonds is 19. The smallest absolute Gasteiger partial charge is 0.417 e. The molecule has 0 radical (unpaired) electrons. The van der Waals surface area contributed by atoms with Gasteiger partial charge in [-0.3, -0.25) is 10.1 Å². The van der Waals surface area contributed by atoms with Gasteiger partial charge < -0.3 is 43.6 Å². The third kappa shape index (κ3) is 9.54. The van der Waals surface area contributed by atoms with Crippen LogP contribution in [0.5, 0.6) is 23.0 Å². The quantitative estimate of drug-likeness (QED) is 0.0614. The molecule has 1 heterocycles. The van der Waals surface area contributed by atoms with E-state index in [2.05, 4.69) is 24.0 Å². The van der Waals surface area contributed by atoms with E-state index in [0.717, 1.165) is 36.8 Å². The Balaban J connectivity index is 1.51. The Morgan fingerprint density at radius 3 is 2.43 bits per heavy atom. The molecular formula is C47H56N4O10. The molecule has 0 spiro atoms. The molecule has 14 heteroatoms. The minimum absolute atomic E-state index is 0.0151. The Kier molecular flexibility index (Phi) is 15.1. The fourth-order valence-electron chi connectivity index (χ4n) is 9.11. The van der Waals surface area contributed by atoms with Crippen molar-refractivity contribution in [2.24, 2.45) is 22.9 Å². The van der Waals surface area contributed by atoms with E-state index in [4.69, 9.17) is 33.7 Å². The number of allylic oxidation sites excluding steroid dienone is 1. The van der Waals surface area contributed by atoms with Crippen LogP contribution in [0.15, 0.2) is 90.1 Å². The molecule has 3 aromatic carbocycles. The number of carbonyl (C=O) groups is 2. The van der Waals surface area contributed by atoms with Crippen LogP contribution in [0.25, 0.3) is 0 Å². The van der Waals surface area contributed by atoms with Crippen molar-refractivity contribution in [1.29, 1.82) is 5.26 Å². The fraction of sp³-hybridized carbons (Fsp3) is 0.447. The number of hydrogen-bond donors (Lipinski definition) is 3. The highest BCUT2D eigenvalue weighted by Crippen LogP contribution is 2.62. The number of likely N-dealkylation sites (N-methyl/N-ethyl adjacent to an activating group) is 1. The number of nitrogens with zero attached hydrogens (tertiary/aromatic N) is 3. The van der Waals surface area contributed by atoms with Gasteiger partial charge in [0.1, 0.15) is 35.6 Å². The van der Waals surface area contributed by atoms with Crippen molar-refractivity contribution in [1.82, 2.24) is 4.90 Å². The number of fused-ring (bicyclic) bond motifs is 2. The van der Waals surface area contributed by atoms with Gasteiger partial charge >= 0.3 is 6.09 Å². The summed E-state index contributed by atoms with van der Waals surface area (Å²) in [5.41, 5.74) is 3.55. The molecule has 3 N–H and O–H groups in total. The molecule has 0 aromatic heterocycles. The van der Waals surface area contributed by atoms with Crippen LogP contribution in [0.3, 0.4) is 0 Å². The number of nitriles is 1. The van der Waals surface area contributed by atoms with Crippen LogP contribution in [0.2, 0.25) is 0 Å². The van der Waals surface area contributed by atoms with Gasteiger partial charge in [0, 0.05) is 49.8 Å². The van der Waals surface area contributed by atoms with Gasteiger partial charge in [0.15, 0.2) is 0 Å². The van der Waals surface area contributed by atoms with Crippen LogP contribution in [0.1, 0.15) is 79.3 Å². The van der Waals surface area contributed by atoms with E-state index in [0.29, 0.717) is 59.2 Å². The molecule has 6 rings (SSSR count). The number of unbranched alkanes of at least 4 members (excludes halogenated alkanes) is 2. The van der Waals surface area contributed by atoms with E-state index in [1.165, 1.54) is 7.11 Å². The zero-order valence-electron chi connectivity index (χ0n) is 35.3. The number of methoxy groups -OCH3 is 2. The van der Waals surface area contributed by atoms with Gasteiger partial charge in [-0.05, 0) is 105 Å². The Labute approximate surface area is 357 Å². The van der Waals surface area contributed by atoms with Crippen LogP contribution in [0.4, 0.5) is 10.5 Å². The molecule has 324 valence electrons. The third-order valence-electron chi connectivity index (χ3n) is 11.9. The number of carbonyl (C=O) groups excluding carboxylic acids is 2. The Morgan fingerprint density at radius 2 is 1.75 bits per heavy atom. The summed E-state index contributed by atoms with van der Waals surface area (Å²) in [6.07, 6.45) is 7.68. The zero-order chi connectivity index (χ0) is 43.5. The summed E-state index contributed by atoms with van der Waals surface area (Å²) in [5, 5.41) is 36.6. The molecular weight excluding hydrogens is 781 g/mol. The van der Waals surface area contributed by atoms with E-state index in [9.17, 15) is 25.1 Å². The van der Waals surface area contributed by atoms with Crippen LogP contribution in [0, 0.1) is 29.1 Å². The van der Waals surface area contributed by atoms with Crippen molar-refractivity contribution >= 4 is 23.4 Å². The average Bonchev–Trinajstić information content (AvgIpc) is 3.28. The Morgan fingerprint density at radius 1 is 1.02 bits per heavy atom. The lowest BCUT2D eigenvalue weighted by Gasteiger charge is -2.59. The predicted octanol–water partition coefficient (Wildman–Crippen LogP) is 7.61. The highest BCUT2D eigenvalue weighted by atomic mass is 16.7. The molecule has 6 atom stereocenters. The van der Waals surface area contributed by atoms with Gasteiger partial charge in [-0.25, -0.2) is 4.79 Å². The van der Waals surface area contributed by atoms with Crippen molar-refractivity contribution in [2.75, 3.05) is 53.0 Å². The van der Waals surface area contributed by atoms with Crippen LogP contribution in [-0.4, -0.2) is 92.3 Å². The molecule has 2 aliphatic carbocycles. The third-order valence-corrected chi connectivity index (χ3v) is 11.9. The second-order valence-electron chi connectivity index (χ2n) is 15.4. The lowest BCUT2D eigenvalue weighted by molar-refractivity contribution is -0.252. The first kappa shape index (κ1) is 44.7. The summed E-state index contributed by atoms with van der Waals surface area (Å²) in [7, 11) is 4.76. The van der Waals surface area contributed by atoms with Gasteiger partial charge in [0.25, 0.3) is 5.91 Å². The SMILES string of the molecule is C=CCO[C@@]12Oc3ccc(OC(=O)Nc4ccc(OC)cc4OC)cc3[C@H]3[C@H](CCCCO)[C@@H](CCCCO)C=C(C(=NOCC)C[C@@H]1N(C)C(=O)c1ccc(C#N)cc1)[C@H]32. The minimum Gasteiger partial charge on any atom is -0.497 e. The topological polar surface area (TPSA) is 181 Å². The van der Waals surface area contributed by atoms with E-state index in [-0.39, 0.29) is 55.7 Å². The van der Waals surface area contributed by atoms with Gasteiger partial charge in [0.2, 0.25) is 5.79 Å². The largest absolute Gasteiger partial charge is 0.497 e. The molecule has 61 heavy (non-hydrogen) atoms. The van der Waals surface area contributed by atoms with Crippen LogP contribution >= 0.6 is 0 Å². The van der Waals surface area contributed by atoms with E-state index >= 15 is 0 Å². The normalized spacial score (nSPS) is 22.9. The number of amides is 2. The standard InChI is InChI=1S/C47H56N4O10/c1-6-24-58-47-42(51(3)45(54)31-16-14-30(29-48)15-17-31)28-39(50-59-7-2)36-25-32(12-8-10-22-52)35(13-9-11-23-53)43(44(36)47)37-26-34(19-21-40(37)61-47)60-46(55)49-38-20-18-33(56-4)27-41(38)57-5/h6,14-21,25-27,32,35,42-44,52-53H,1,7-13,22-24,28H2,2-5H3,(H,49,55)/t32-,35+,42-,43+,44+,47+/m0/s1. The first-order valence-corrected chi connectivity index (χ1v) is 20.8. The highest BCUT2D eigenvalue weighted by molar-refractivity contribution is 6.03. The van der Waals surface area contributed by atoms with E-state index in [1.54, 1.807) is 79.7 Å². The summed E-state index contributed by atoms with van der Waals surface area (Å²) in [4.78, 5) is 35.3. The first-order chi connectivity index (χ1) is 29.7. The van der Waals surface area contributed by atoms with Gasteiger partial charge in [-0.15, -0.1) is 6.58 Å². The summed E-state index contributed by atoms with van der Waals surface area (Å²) in [6, 6.07) is 18.2. The van der Waals surface area contributed by atoms with Gasteiger partial charge in [-0.1, -0.05) is 30.1 Å². The maximum absolute atomic E-state index is 14.4. The summed E-state index contributed by atoms with van der Waals surface area (Å²) >= 11 is 0. The number of aliphatic hydroxyl groups is 2. The average molecular weight is 837 g/mol. The van der Waals surface area contributed by atoms with E-state index < -0.39 is 23.8 Å². The predicted molar refractivity (Wildman–Crippen MR) is 229 cm³/mol. The number of aliphatic hydroxyl groups excluding tert-OH is 2. The van der Waals surface area contributed by atoms with Crippen molar-refractivity contribution in [3.05, 3.63) is 102 Å². The van der Waals surface area contributed by atoms with Crippen molar-refractivity contribution in [2.45, 2.75) is 69.6 Å². The lowest BCUT2D eigenvalue weighted by Crippen LogP contribution is -2.69. The number of hydrogen-bond acceptors (Lipinski definition) is 12. The number of ether oxygens (including phenoxy) is 5. The maximum atomic E-state index is 14.4. The molecule has 14 nitrogen and oxygen atoms in total. The van der Waals surface area contributed by atoms with Crippen molar-refractivity contribution in [3.63, 3.8) is 0 Å². The number of oxime groups is 1. The highest BCUT2D eigenvalue weighted by Gasteiger charge is 2.65. The Bertz CT molecular complexity index is 2130. The number of anilines is 1. The monoisotopic (exact) mass is 836 g/mol. The number of nitrogens with one attached hydrogen (secondary N) is 1. The van der Waals surface area contributed by atoms with Crippen molar-refractivity contribution < 1.29 is 48.3 Å². The van der Waals surface area contributed by atoms with Crippen molar-refractivity contribution in [3.8, 4) is 29.1 Å². The summed E-state index contributed by atoms with van der Waals surface area (Å²) in [6.45, 7) is 6.37. The second-order valence-corrected chi connectivity index (χ2v) is 15.4. The van der Waals surface area contributed by atoms with Gasteiger partial charge in [0.05, 0.1) is 49.8 Å². The summed E-state index contributed by atoms with van der Waals surface area (Å²) in [5.74, 6) is -0.918.